The van der Waals surface area contributed by atoms with Crippen molar-refractivity contribution in [3.05, 3.63) is 34.3 Å². The number of nitrogens with one attached hydrogen (secondary N) is 1. The zero-order valence-electron chi connectivity index (χ0n) is 10.4. The molecule has 0 bridgehead atoms. The third-order valence-electron chi connectivity index (χ3n) is 2.40. The van der Waals surface area contributed by atoms with E-state index in [0.717, 1.165) is 10.0 Å². The van der Waals surface area contributed by atoms with E-state index < -0.39 is 0 Å². The number of carbonyl (C=O) groups is 2. The van der Waals surface area contributed by atoms with Crippen LogP contribution in [0.5, 0.6) is 0 Å². The fraction of sp³-hybridized carbons (Fsp3) is 0.385. The molecule has 18 heavy (non-hydrogen) atoms. The van der Waals surface area contributed by atoms with E-state index in [-0.39, 0.29) is 30.9 Å². The van der Waals surface area contributed by atoms with Gasteiger partial charge in [0, 0.05) is 10.9 Å². The Morgan fingerprint density at radius 1 is 1.33 bits per heavy atom. The van der Waals surface area contributed by atoms with E-state index in [2.05, 4.69) is 21.2 Å². The first kappa shape index (κ1) is 14.7. The molecule has 0 radical (unpaired) electrons. The van der Waals surface area contributed by atoms with Gasteiger partial charge in [-0.3, -0.25) is 9.59 Å². The van der Waals surface area contributed by atoms with Gasteiger partial charge in [0.1, 0.15) is 0 Å². The third-order valence-corrected chi connectivity index (χ3v) is 2.93. The molecule has 1 rings (SSSR count). The Kier molecular flexibility index (Phi) is 5.85. The topological polar surface area (TPSA) is 55.4 Å². The molecule has 5 heteroatoms. The first-order valence-corrected chi connectivity index (χ1v) is 6.52. The molecular formula is C13H16BrNO3. The van der Waals surface area contributed by atoms with Crippen molar-refractivity contribution in [3.63, 3.8) is 0 Å². The molecule has 1 aromatic rings. The number of ether oxygens (including phenoxy) is 1. The van der Waals surface area contributed by atoms with E-state index in [0.29, 0.717) is 0 Å². The van der Waals surface area contributed by atoms with Crippen LogP contribution in [-0.2, 0) is 14.3 Å². The van der Waals surface area contributed by atoms with Gasteiger partial charge in [0.25, 0.3) is 5.91 Å². The van der Waals surface area contributed by atoms with Crippen molar-refractivity contribution in [1.82, 2.24) is 5.32 Å². The summed E-state index contributed by atoms with van der Waals surface area (Å²) in [7, 11) is 0. The second-order valence-corrected chi connectivity index (χ2v) is 4.77. The van der Waals surface area contributed by atoms with Crippen LogP contribution < -0.4 is 5.32 Å². The van der Waals surface area contributed by atoms with Gasteiger partial charge in [-0.1, -0.05) is 35.0 Å². The average Bonchev–Trinajstić information content (AvgIpc) is 2.36. The summed E-state index contributed by atoms with van der Waals surface area (Å²) in [6, 6.07) is 7.55. The van der Waals surface area contributed by atoms with Crippen LogP contribution in [0.1, 0.15) is 31.9 Å². The van der Waals surface area contributed by atoms with Gasteiger partial charge in [0.05, 0.1) is 6.04 Å². The molecule has 0 unspecified atom stereocenters. The zero-order valence-corrected chi connectivity index (χ0v) is 12.0. The Labute approximate surface area is 115 Å². The van der Waals surface area contributed by atoms with E-state index >= 15 is 0 Å². The Morgan fingerprint density at radius 2 is 1.94 bits per heavy atom. The number of hydrogen-bond donors (Lipinski definition) is 1. The van der Waals surface area contributed by atoms with Gasteiger partial charge < -0.3 is 10.1 Å². The summed E-state index contributed by atoms with van der Waals surface area (Å²) in [6.07, 6.45) is 0.273. The monoisotopic (exact) mass is 313 g/mol. The maximum Gasteiger partial charge on any atom is 0.306 e. The molecule has 1 atom stereocenters. The summed E-state index contributed by atoms with van der Waals surface area (Å²) in [5, 5.41) is 2.76. The molecule has 0 spiro atoms. The standard InChI is InChI=1S/C13H16BrNO3/c1-3-13(17)18-8-12(16)15-9(2)10-4-6-11(14)7-5-10/h4-7,9H,3,8H2,1-2H3,(H,15,16)/t9-/m0/s1. The zero-order chi connectivity index (χ0) is 13.5. The highest BCUT2D eigenvalue weighted by Crippen LogP contribution is 2.16. The van der Waals surface area contributed by atoms with E-state index in [9.17, 15) is 9.59 Å². The quantitative estimate of drug-likeness (QED) is 0.850. The predicted octanol–water partition coefficient (Wildman–Crippen LogP) is 2.58. The predicted molar refractivity (Wildman–Crippen MR) is 71.9 cm³/mol. The minimum atomic E-state index is -0.374. The van der Waals surface area contributed by atoms with Crippen LogP contribution in [0.4, 0.5) is 0 Å². The Morgan fingerprint density at radius 3 is 2.50 bits per heavy atom. The van der Waals surface area contributed by atoms with E-state index in [1.54, 1.807) is 6.92 Å². The van der Waals surface area contributed by atoms with E-state index in [1.807, 2.05) is 31.2 Å². The second-order valence-electron chi connectivity index (χ2n) is 3.85. The van der Waals surface area contributed by atoms with Crippen LogP contribution in [0.3, 0.4) is 0 Å². The molecule has 0 heterocycles. The summed E-state index contributed by atoms with van der Waals surface area (Å²) < 4.78 is 5.74. The lowest BCUT2D eigenvalue weighted by Crippen LogP contribution is -2.31. The maximum absolute atomic E-state index is 11.5. The molecular weight excluding hydrogens is 298 g/mol. The van der Waals surface area contributed by atoms with Crippen molar-refractivity contribution >= 4 is 27.8 Å². The van der Waals surface area contributed by atoms with Crippen molar-refractivity contribution in [3.8, 4) is 0 Å². The van der Waals surface area contributed by atoms with E-state index in [4.69, 9.17) is 4.74 Å². The van der Waals surface area contributed by atoms with Crippen molar-refractivity contribution in [2.45, 2.75) is 26.3 Å². The number of halogens is 1. The van der Waals surface area contributed by atoms with Crippen LogP contribution in [0, 0.1) is 0 Å². The van der Waals surface area contributed by atoms with Gasteiger partial charge in [0.15, 0.2) is 6.61 Å². The summed E-state index contributed by atoms with van der Waals surface area (Å²) in [5.74, 6) is -0.673. The van der Waals surface area contributed by atoms with E-state index in [1.165, 1.54) is 0 Å². The number of hydrogen-bond acceptors (Lipinski definition) is 3. The van der Waals surface area contributed by atoms with Gasteiger partial charge in [-0.25, -0.2) is 0 Å². The summed E-state index contributed by atoms with van der Waals surface area (Å²) in [6.45, 7) is 3.33. The normalized spacial score (nSPS) is 11.7. The lowest BCUT2D eigenvalue weighted by atomic mass is 10.1. The van der Waals surface area contributed by atoms with Crippen molar-refractivity contribution in [2.75, 3.05) is 6.61 Å². The maximum atomic E-state index is 11.5. The smallest absolute Gasteiger partial charge is 0.306 e. The first-order valence-electron chi connectivity index (χ1n) is 5.73. The van der Waals surface area contributed by atoms with Gasteiger partial charge in [0.2, 0.25) is 0 Å². The molecule has 0 aromatic heterocycles. The summed E-state index contributed by atoms with van der Waals surface area (Å²) in [4.78, 5) is 22.4. The van der Waals surface area contributed by atoms with Crippen molar-refractivity contribution < 1.29 is 14.3 Å². The van der Waals surface area contributed by atoms with Gasteiger partial charge >= 0.3 is 5.97 Å². The SMILES string of the molecule is CCC(=O)OCC(=O)N[C@@H](C)c1ccc(Br)cc1. The first-order chi connectivity index (χ1) is 8.52. The molecule has 1 aromatic carbocycles. The van der Waals surface area contributed by atoms with Gasteiger partial charge in [-0.2, -0.15) is 0 Å². The highest BCUT2D eigenvalue weighted by molar-refractivity contribution is 9.10. The van der Waals surface area contributed by atoms with Gasteiger partial charge in [-0.15, -0.1) is 0 Å². The molecule has 0 aliphatic heterocycles. The van der Waals surface area contributed by atoms with Crippen LogP contribution >= 0.6 is 15.9 Å². The molecule has 0 saturated heterocycles. The molecule has 98 valence electrons. The highest BCUT2D eigenvalue weighted by atomic mass is 79.9. The minimum absolute atomic E-state index is 0.120. The van der Waals surface area contributed by atoms with Gasteiger partial charge in [-0.05, 0) is 24.6 Å². The second kappa shape index (κ2) is 7.16. The van der Waals surface area contributed by atoms with Crippen molar-refractivity contribution in [1.29, 1.82) is 0 Å². The van der Waals surface area contributed by atoms with Crippen LogP contribution in [0.25, 0.3) is 0 Å². The van der Waals surface area contributed by atoms with Crippen LogP contribution in [-0.4, -0.2) is 18.5 Å². The Bertz CT molecular complexity index is 417. The molecule has 0 aliphatic rings. The van der Waals surface area contributed by atoms with Crippen LogP contribution in [0.2, 0.25) is 0 Å². The fourth-order valence-electron chi connectivity index (χ4n) is 1.37. The fourth-order valence-corrected chi connectivity index (χ4v) is 1.63. The molecule has 1 amide bonds. The molecule has 0 aliphatic carbocycles. The Balaban J connectivity index is 2.44. The molecule has 0 saturated carbocycles. The summed E-state index contributed by atoms with van der Waals surface area (Å²) in [5.41, 5.74) is 0.994. The largest absolute Gasteiger partial charge is 0.456 e. The average molecular weight is 314 g/mol. The lowest BCUT2D eigenvalue weighted by molar-refractivity contribution is -0.148. The Hall–Kier alpha value is -1.36. The van der Waals surface area contributed by atoms with Crippen molar-refractivity contribution in [2.24, 2.45) is 0 Å². The molecule has 0 fully saturated rings. The number of amides is 1. The highest BCUT2D eigenvalue weighted by Gasteiger charge is 2.10. The molecule has 4 nitrogen and oxygen atoms in total. The number of carbonyl (C=O) groups excluding carboxylic acids is 2. The number of rotatable bonds is 5. The summed E-state index contributed by atoms with van der Waals surface area (Å²) >= 11 is 3.35. The minimum Gasteiger partial charge on any atom is -0.456 e. The van der Waals surface area contributed by atoms with Crippen LogP contribution in [0.15, 0.2) is 28.7 Å². The number of esters is 1. The molecule has 1 N–H and O–H groups in total. The third kappa shape index (κ3) is 4.87. The lowest BCUT2D eigenvalue weighted by Gasteiger charge is -2.14. The number of benzene rings is 1.